The molecule has 7 aromatic rings. The molecule has 0 unspecified atom stereocenters. The van der Waals surface area contributed by atoms with Gasteiger partial charge in [-0.2, -0.15) is 0 Å². The number of para-hydroxylation sites is 1. The van der Waals surface area contributed by atoms with Gasteiger partial charge in [-0.15, -0.1) is 11.3 Å². The molecule has 0 N–H and O–H groups in total. The Hall–Kier alpha value is -3.76. The molecule has 3 nitrogen and oxygen atoms in total. The summed E-state index contributed by atoms with van der Waals surface area (Å²) >= 11 is 1.82. The number of fused-ring (bicyclic) bond motifs is 10. The zero-order valence-electron chi connectivity index (χ0n) is 15.9. The maximum atomic E-state index is 4.83. The number of aromatic nitrogens is 3. The third-order valence-corrected chi connectivity index (χ3v) is 7.05. The fourth-order valence-corrected chi connectivity index (χ4v) is 5.92. The molecule has 0 aliphatic carbocycles. The van der Waals surface area contributed by atoms with Gasteiger partial charge in [0.05, 0.1) is 21.3 Å². The largest absolute Gasteiger partial charge is 0.293 e. The second-order valence-corrected chi connectivity index (χ2v) is 8.52. The van der Waals surface area contributed by atoms with Crippen LogP contribution in [0.4, 0.5) is 0 Å². The predicted octanol–water partition coefficient (Wildman–Crippen LogP) is 7.09. The van der Waals surface area contributed by atoms with Crippen LogP contribution in [0.1, 0.15) is 0 Å². The lowest BCUT2D eigenvalue weighted by atomic mass is 10.0. The van der Waals surface area contributed by atoms with Gasteiger partial charge in [-0.25, -0.2) is 4.98 Å². The number of thiophene rings is 1. The number of nitrogens with zero attached hydrogens (tertiary/aromatic N) is 3. The lowest BCUT2D eigenvalue weighted by molar-refractivity contribution is 1.08. The summed E-state index contributed by atoms with van der Waals surface area (Å²) < 4.78 is 4.84. The number of benzene rings is 3. The smallest absolute Gasteiger partial charge is 0.137 e. The van der Waals surface area contributed by atoms with Crippen LogP contribution in [0, 0.1) is 0 Å². The van der Waals surface area contributed by atoms with E-state index in [4.69, 9.17) is 9.97 Å². The minimum absolute atomic E-state index is 0.934. The van der Waals surface area contributed by atoms with Crippen LogP contribution < -0.4 is 0 Å². The second kappa shape index (κ2) is 5.88. The number of hydrogen-bond donors (Lipinski definition) is 0. The third-order valence-electron chi connectivity index (χ3n) is 5.88. The first kappa shape index (κ1) is 16.1. The summed E-state index contributed by atoms with van der Waals surface area (Å²) in [7, 11) is 0. The van der Waals surface area contributed by atoms with Gasteiger partial charge in [-0.1, -0.05) is 48.5 Å². The quantitative estimate of drug-likeness (QED) is 0.294. The van der Waals surface area contributed by atoms with E-state index in [9.17, 15) is 0 Å². The van der Waals surface area contributed by atoms with Gasteiger partial charge in [-0.05, 0) is 30.3 Å². The van der Waals surface area contributed by atoms with Crippen molar-refractivity contribution in [2.75, 3.05) is 0 Å². The lowest BCUT2D eigenvalue weighted by Gasteiger charge is -2.09. The van der Waals surface area contributed by atoms with Crippen molar-refractivity contribution in [1.82, 2.24) is 14.5 Å². The molecule has 30 heavy (non-hydrogen) atoms. The highest BCUT2D eigenvalue weighted by molar-refractivity contribution is 7.26. The Morgan fingerprint density at radius 3 is 2.30 bits per heavy atom. The monoisotopic (exact) mass is 401 g/mol. The average molecular weight is 401 g/mol. The van der Waals surface area contributed by atoms with Gasteiger partial charge in [0.25, 0.3) is 0 Å². The molecule has 0 amide bonds. The SMILES string of the molecule is c1ccc(-n2c3ccccc3c3c4cccnc4c4sc5ccccc5c4c32)nc1. The topological polar surface area (TPSA) is 30.7 Å². The van der Waals surface area contributed by atoms with Crippen LogP contribution in [0.25, 0.3) is 58.7 Å². The Bertz CT molecular complexity index is 1740. The molecule has 0 atom stereocenters. The molecule has 4 heterocycles. The van der Waals surface area contributed by atoms with Gasteiger partial charge in [0.2, 0.25) is 0 Å². The Balaban J connectivity index is 1.91. The molecule has 7 rings (SSSR count). The van der Waals surface area contributed by atoms with Crippen LogP contribution in [-0.4, -0.2) is 14.5 Å². The Morgan fingerprint density at radius 2 is 1.40 bits per heavy atom. The molecule has 140 valence electrons. The van der Waals surface area contributed by atoms with Crippen molar-refractivity contribution in [2.45, 2.75) is 0 Å². The van der Waals surface area contributed by atoms with Crippen LogP contribution in [0.5, 0.6) is 0 Å². The van der Waals surface area contributed by atoms with E-state index in [0.29, 0.717) is 0 Å². The molecule has 0 fully saturated rings. The highest BCUT2D eigenvalue weighted by Crippen LogP contribution is 2.46. The van der Waals surface area contributed by atoms with Crippen molar-refractivity contribution >= 4 is 64.2 Å². The predicted molar refractivity (Wildman–Crippen MR) is 127 cm³/mol. The number of pyridine rings is 2. The molecule has 0 saturated carbocycles. The van der Waals surface area contributed by atoms with Crippen LogP contribution in [0.15, 0.2) is 91.3 Å². The fraction of sp³-hybridized carbons (Fsp3) is 0. The summed E-state index contributed by atoms with van der Waals surface area (Å²) in [6.07, 6.45) is 3.76. The maximum absolute atomic E-state index is 4.83. The average Bonchev–Trinajstić information content (AvgIpc) is 3.36. The first-order valence-electron chi connectivity index (χ1n) is 9.94. The van der Waals surface area contributed by atoms with E-state index in [0.717, 1.165) is 11.3 Å². The number of rotatable bonds is 1. The standard InChI is InChI=1S/C26H15N3S/c1-3-11-19-16(8-1)22-18-10-7-15-28-24(18)26-23(17-9-2-4-12-20(17)30-26)25(22)29(19)21-13-5-6-14-27-21/h1-15H. The van der Waals surface area contributed by atoms with Crippen molar-refractivity contribution in [1.29, 1.82) is 0 Å². The minimum atomic E-state index is 0.934. The van der Waals surface area contributed by atoms with Crippen LogP contribution in [0.2, 0.25) is 0 Å². The van der Waals surface area contributed by atoms with Gasteiger partial charge in [-0.3, -0.25) is 9.55 Å². The van der Waals surface area contributed by atoms with E-state index < -0.39 is 0 Å². The molecule has 0 radical (unpaired) electrons. The van der Waals surface area contributed by atoms with E-state index in [2.05, 4.69) is 71.3 Å². The number of hydrogen-bond acceptors (Lipinski definition) is 3. The van der Waals surface area contributed by atoms with E-state index in [1.165, 1.54) is 47.4 Å². The molecule has 0 aliphatic heterocycles. The fourth-order valence-electron chi connectivity index (χ4n) is 4.71. The first-order valence-corrected chi connectivity index (χ1v) is 10.8. The summed E-state index contributed by atoms with van der Waals surface area (Å²) in [6, 6.07) is 27.6. The van der Waals surface area contributed by atoms with Gasteiger partial charge in [0.15, 0.2) is 0 Å². The normalized spacial score (nSPS) is 12.0. The Kier molecular flexibility index (Phi) is 3.15. The second-order valence-electron chi connectivity index (χ2n) is 7.47. The zero-order valence-corrected chi connectivity index (χ0v) is 16.7. The minimum Gasteiger partial charge on any atom is -0.293 e. The third kappa shape index (κ3) is 1.98. The van der Waals surface area contributed by atoms with Gasteiger partial charge >= 0.3 is 0 Å². The van der Waals surface area contributed by atoms with Gasteiger partial charge in [0.1, 0.15) is 5.82 Å². The molecule has 3 aromatic carbocycles. The molecule has 0 aliphatic rings. The summed E-state index contributed by atoms with van der Waals surface area (Å²) in [5.41, 5.74) is 3.45. The molecule has 0 bridgehead atoms. The van der Waals surface area contributed by atoms with E-state index in [1.54, 1.807) is 0 Å². The summed E-state index contributed by atoms with van der Waals surface area (Å²) in [5.74, 6) is 0.934. The molecular formula is C26H15N3S. The van der Waals surface area contributed by atoms with Crippen molar-refractivity contribution in [2.24, 2.45) is 0 Å². The summed E-state index contributed by atoms with van der Waals surface area (Å²) in [5, 5.41) is 6.20. The van der Waals surface area contributed by atoms with Crippen molar-refractivity contribution in [3.63, 3.8) is 0 Å². The highest BCUT2D eigenvalue weighted by Gasteiger charge is 2.22. The molecule has 0 spiro atoms. The van der Waals surface area contributed by atoms with E-state index in [-0.39, 0.29) is 0 Å². The summed E-state index contributed by atoms with van der Waals surface area (Å²) in [4.78, 5) is 9.55. The molecular weight excluding hydrogens is 386 g/mol. The van der Waals surface area contributed by atoms with Crippen LogP contribution in [0.3, 0.4) is 0 Å². The Labute approximate surface area is 175 Å². The van der Waals surface area contributed by atoms with Crippen LogP contribution >= 0.6 is 11.3 Å². The molecule has 0 saturated heterocycles. The van der Waals surface area contributed by atoms with E-state index in [1.807, 2.05) is 35.9 Å². The zero-order chi connectivity index (χ0) is 19.7. The van der Waals surface area contributed by atoms with Gasteiger partial charge < -0.3 is 0 Å². The Morgan fingerprint density at radius 1 is 0.633 bits per heavy atom. The van der Waals surface area contributed by atoms with Crippen LogP contribution in [-0.2, 0) is 0 Å². The molecule has 4 heteroatoms. The highest BCUT2D eigenvalue weighted by atomic mass is 32.1. The first-order chi connectivity index (χ1) is 14.9. The lowest BCUT2D eigenvalue weighted by Crippen LogP contribution is -1.96. The van der Waals surface area contributed by atoms with Crippen molar-refractivity contribution in [3.8, 4) is 5.82 Å². The van der Waals surface area contributed by atoms with Crippen molar-refractivity contribution in [3.05, 3.63) is 91.3 Å². The summed E-state index contributed by atoms with van der Waals surface area (Å²) in [6.45, 7) is 0. The molecule has 4 aromatic heterocycles. The maximum Gasteiger partial charge on any atom is 0.137 e. The van der Waals surface area contributed by atoms with Crippen molar-refractivity contribution < 1.29 is 0 Å². The van der Waals surface area contributed by atoms with Gasteiger partial charge in [0, 0.05) is 44.0 Å². The van der Waals surface area contributed by atoms with E-state index >= 15 is 0 Å².